The lowest BCUT2D eigenvalue weighted by molar-refractivity contribution is 0.608. The van der Waals surface area contributed by atoms with Gasteiger partial charge in [-0.05, 0) is 51.4 Å². The summed E-state index contributed by atoms with van der Waals surface area (Å²) in [5, 5.41) is 3.29. The highest BCUT2D eigenvalue weighted by Gasteiger charge is 2.18. The van der Waals surface area contributed by atoms with E-state index in [4.69, 9.17) is 0 Å². The van der Waals surface area contributed by atoms with Crippen molar-refractivity contribution >= 4 is 5.82 Å². The first-order valence-electron chi connectivity index (χ1n) is 7.12. The molecule has 0 saturated carbocycles. The molecule has 2 rings (SSSR count). The molecule has 0 spiro atoms. The van der Waals surface area contributed by atoms with E-state index >= 15 is 0 Å². The highest BCUT2D eigenvalue weighted by molar-refractivity contribution is 5.43. The van der Waals surface area contributed by atoms with Crippen LogP contribution in [0.4, 0.5) is 5.82 Å². The quantitative estimate of drug-likeness (QED) is 0.889. The van der Waals surface area contributed by atoms with Crippen LogP contribution in [0.5, 0.6) is 0 Å². The number of nitrogens with one attached hydrogen (secondary N) is 1. The third-order valence-corrected chi connectivity index (χ3v) is 4.05. The van der Waals surface area contributed by atoms with Crippen LogP contribution in [0.15, 0.2) is 18.3 Å². The predicted octanol–water partition coefficient (Wildman–Crippen LogP) is 3.13. The molecule has 0 amide bonds. The second-order valence-corrected chi connectivity index (χ2v) is 5.35. The zero-order valence-corrected chi connectivity index (χ0v) is 11.8. The molecule has 18 heavy (non-hydrogen) atoms. The maximum Gasteiger partial charge on any atom is 0.129 e. The summed E-state index contributed by atoms with van der Waals surface area (Å²) in [6.45, 7) is 5.65. The summed E-state index contributed by atoms with van der Waals surface area (Å²) in [6, 6.07) is 5.34. The summed E-state index contributed by atoms with van der Waals surface area (Å²) in [4.78, 5) is 7.04. The second kappa shape index (κ2) is 6.19. The largest absolute Gasteiger partial charge is 0.354 e. The van der Waals surface area contributed by atoms with E-state index in [-0.39, 0.29) is 0 Å². The van der Waals surface area contributed by atoms with Crippen molar-refractivity contribution in [3.05, 3.63) is 23.9 Å². The van der Waals surface area contributed by atoms with Gasteiger partial charge in [0.2, 0.25) is 0 Å². The number of nitrogens with zero attached hydrogens (tertiary/aromatic N) is 2. The first kappa shape index (κ1) is 13.3. The van der Waals surface area contributed by atoms with Crippen LogP contribution in [0.2, 0.25) is 0 Å². The number of rotatable bonds is 3. The molecule has 100 valence electrons. The van der Waals surface area contributed by atoms with Gasteiger partial charge in [0.15, 0.2) is 0 Å². The molecule has 2 heterocycles. The Labute approximate surface area is 111 Å². The van der Waals surface area contributed by atoms with E-state index in [1.54, 1.807) is 0 Å². The van der Waals surface area contributed by atoms with Crippen molar-refractivity contribution in [1.82, 2.24) is 10.3 Å². The first-order valence-corrected chi connectivity index (χ1v) is 7.12. The Morgan fingerprint density at radius 3 is 3.00 bits per heavy atom. The van der Waals surface area contributed by atoms with Gasteiger partial charge in [-0.3, -0.25) is 0 Å². The molecule has 0 radical (unpaired) electrons. The van der Waals surface area contributed by atoms with Crippen LogP contribution >= 0.6 is 0 Å². The molecule has 1 fully saturated rings. The van der Waals surface area contributed by atoms with Gasteiger partial charge in [0.1, 0.15) is 5.82 Å². The average Bonchev–Trinajstić information content (AvgIpc) is 2.62. The Morgan fingerprint density at radius 2 is 2.22 bits per heavy atom. The molecule has 0 aromatic carbocycles. The summed E-state index contributed by atoms with van der Waals surface area (Å²) in [5.74, 6) is 1.14. The average molecular weight is 247 g/mol. The van der Waals surface area contributed by atoms with Crippen molar-refractivity contribution in [3.63, 3.8) is 0 Å². The Morgan fingerprint density at radius 1 is 1.39 bits per heavy atom. The number of hydrogen-bond acceptors (Lipinski definition) is 3. The summed E-state index contributed by atoms with van der Waals surface area (Å²) >= 11 is 0. The molecule has 0 bridgehead atoms. The lowest BCUT2D eigenvalue weighted by atomic mass is 10.1. The van der Waals surface area contributed by atoms with Crippen molar-refractivity contribution in [2.45, 2.75) is 51.6 Å². The molecule has 1 N–H and O–H groups in total. The van der Waals surface area contributed by atoms with E-state index in [9.17, 15) is 0 Å². The topological polar surface area (TPSA) is 28.2 Å². The van der Waals surface area contributed by atoms with Gasteiger partial charge < -0.3 is 10.2 Å². The Hall–Kier alpha value is -1.09. The SMILES string of the molecule is CNC(C)c1ccnc(N2CCCCCC2C)c1. The summed E-state index contributed by atoms with van der Waals surface area (Å²) in [5.41, 5.74) is 1.32. The van der Waals surface area contributed by atoms with E-state index < -0.39 is 0 Å². The van der Waals surface area contributed by atoms with Crippen LogP contribution in [-0.2, 0) is 0 Å². The van der Waals surface area contributed by atoms with Crippen LogP contribution in [0.3, 0.4) is 0 Å². The monoisotopic (exact) mass is 247 g/mol. The molecule has 2 unspecified atom stereocenters. The normalized spacial score (nSPS) is 22.6. The van der Waals surface area contributed by atoms with Crippen molar-refractivity contribution in [2.24, 2.45) is 0 Å². The molecule has 1 aliphatic rings. The number of anilines is 1. The maximum absolute atomic E-state index is 4.57. The molecule has 1 aromatic rings. The van der Waals surface area contributed by atoms with E-state index in [1.807, 2.05) is 13.2 Å². The van der Waals surface area contributed by atoms with Gasteiger partial charge in [-0.2, -0.15) is 0 Å². The molecule has 3 nitrogen and oxygen atoms in total. The van der Waals surface area contributed by atoms with Crippen molar-refractivity contribution in [3.8, 4) is 0 Å². The zero-order chi connectivity index (χ0) is 13.0. The third-order valence-electron chi connectivity index (χ3n) is 4.05. The Kier molecular flexibility index (Phi) is 4.59. The molecular formula is C15H25N3. The molecule has 2 atom stereocenters. The smallest absolute Gasteiger partial charge is 0.129 e. The molecule has 0 aliphatic carbocycles. The van der Waals surface area contributed by atoms with E-state index in [0.29, 0.717) is 12.1 Å². The van der Waals surface area contributed by atoms with Crippen LogP contribution < -0.4 is 10.2 Å². The van der Waals surface area contributed by atoms with Crippen molar-refractivity contribution in [2.75, 3.05) is 18.5 Å². The van der Waals surface area contributed by atoms with Crippen LogP contribution in [0.1, 0.15) is 51.1 Å². The van der Waals surface area contributed by atoms with Gasteiger partial charge in [-0.1, -0.05) is 12.8 Å². The minimum Gasteiger partial charge on any atom is -0.354 e. The van der Waals surface area contributed by atoms with Crippen molar-refractivity contribution in [1.29, 1.82) is 0 Å². The Balaban J connectivity index is 2.20. The standard InChI is InChI=1S/C15H25N3/c1-12-7-5-4-6-10-18(12)15-11-14(8-9-17-15)13(2)16-3/h8-9,11-13,16H,4-7,10H2,1-3H3. The van der Waals surface area contributed by atoms with E-state index in [0.717, 1.165) is 12.4 Å². The highest BCUT2D eigenvalue weighted by atomic mass is 15.2. The highest BCUT2D eigenvalue weighted by Crippen LogP contribution is 2.24. The fraction of sp³-hybridized carbons (Fsp3) is 0.667. The summed E-state index contributed by atoms with van der Waals surface area (Å²) in [7, 11) is 2.00. The molecule has 1 aliphatic heterocycles. The van der Waals surface area contributed by atoms with Gasteiger partial charge in [0.05, 0.1) is 0 Å². The van der Waals surface area contributed by atoms with Crippen molar-refractivity contribution < 1.29 is 0 Å². The van der Waals surface area contributed by atoms with E-state index in [2.05, 4.69) is 41.2 Å². The van der Waals surface area contributed by atoms with Crippen LogP contribution in [0.25, 0.3) is 0 Å². The zero-order valence-electron chi connectivity index (χ0n) is 11.8. The maximum atomic E-state index is 4.57. The summed E-state index contributed by atoms with van der Waals surface area (Å²) in [6.07, 6.45) is 7.22. The third kappa shape index (κ3) is 3.02. The number of hydrogen-bond donors (Lipinski definition) is 1. The predicted molar refractivity (Wildman–Crippen MR) is 77.0 cm³/mol. The van der Waals surface area contributed by atoms with Gasteiger partial charge in [-0.25, -0.2) is 4.98 Å². The number of pyridine rings is 1. The second-order valence-electron chi connectivity index (χ2n) is 5.35. The molecular weight excluding hydrogens is 222 g/mol. The first-order chi connectivity index (χ1) is 8.72. The minimum absolute atomic E-state index is 0.383. The fourth-order valence-electron chi connectivity index (χ4n) is 2.64. The Bertz CT molecular complexity index is 378. The van der Waals surface area contributed by atoms with Gasteiger partial charge >= 0.3 is 0 Å². The van der Waals surface area contributed by atoms with Gasteiger partial charge in [0.25, 0.3) is 0 Å². The molecule has 1 saturated heterocycles. The molecule has 3 heteroatoms. The van der Waals surface area contributed by atoms with Gasteiger partial charge in [0, 0.05) is 24.8 Å². The van der Waals surface area contributed by atoms with Gasteiger partial charge in [-0.15, -0.1) is 0 Å². The lowest BCUT2D eigenvalue weighted by Gasteiger charge is -2.29. The minimum atomic E-state index is 0.383. The van der Waals surface area contributed by atoms with Crippen LogP contribution in [-0.4, -0.2) is 24.6 Å². The summed E-state index contributed by atoms with van der Waals surface area (Å²) < 4.78 is 0. The lowest BCUT2D eigenvalue weighted by Crippen LogP contribution is -2.33. The van der Waals surface area contributed by atoms with Crippen LogP contribution in [0, 0.1) is 0 Å². The fourth-order valence-corrected chi connectivity index (χ4v) is 2.64. The number of aromatic nitrogens is 1. The molecule has 1 aromatic heterocycles. The van der Waals surface area contributed by atoms with E-state index in [1.165, 1.54) is 31.2 Å².